The van der Waals surface area contributed by atoms with Gasteiger partial charge in [0.2, 0.25) is 0 Å². The fourth-order valence-electron chi connectivity index (χ4n) is 1.55. The van der Waals surface area contributed by atoms with Gasteiger partial charge in [-0.25, -0.2) is 0 Å². The Morgan fingerprint density at radius 2 is 1.94 bits per heavy atom. The van der Waals surface area contributed by atoms with Crippen molar-refractivity contribution < 1.29 is 0 Å². The molecule has 0 aliphatic rings. The van der Waals surface area contributed by atoms with Crippen molar-refractivity contribution in [2.45, 2.75) is 13.5 Å². The molecule has 2 nitrogen and oxygen atoms in total. The van der Waals surface area contributed by atoms with Gasteiger partial charge in [-0.2, -0.15) is 0 Å². The van der Waals surface area contributed by atoms with Gasteiger partial charge in [0.15, 0.2) is 0 Å². The third-order valence-electron chi connectivity index (χ3n) is 2.55. The predicted octanol–water partition coefficient (Wildman–Crippen LogP) is 3.73. The first-order chi connectivity index (χ1) is 8.06. The van der Waals surface area contributed by atoms with E-state index in [9.17, 15) is 4.79 Å². The summed E-state index contributed by atoms with van der Waals surface area (Å²) in [4.78, 5) is 11.7. The summed E-state index contributed by atoms with van der Waals surface area (Å²) in [7, 11) is 0. The van der Waals surface area contributed by atoms with E-state index in [1.54, 1.807) is 16.8 Å². The zero-order valence-electron chi connectivity index (χ0n) is 9.28. The van der Waals surface area contributed by atoms with Crippen LogP contribution in [-0.4, -0.2) is 4.57 Å². The standard InChI is InChI=1S/C13H11Br2NO/c1-9-2-3-10(6-12(9)15)8-16-5-4-11(14)7-13(16)17/h2-7H,8H2,1H3. The highest BCUT2D eigenvalue weighted by atomic mass is 79.9. The van der Waals surface area contributed by atoms with Crippen LogP contribution in [0.4, 0.5) is 0 Å². The first kappa shape index (κ1) is 12.6. The lowest BCUT2D eigenvalue weighted by molar-refractivity contribution is 0.757. The van der Waals surface area contributed by atoms with E-state index in [2.05, 4.69) is 31.9 Å². The molecular weight excluding hydrogens is 346 g/mol. The van der Waals surface area contributed by atoms with Gasteiger partial charge in [-0.15, -0.1) is 0 Å². The molecule has 1 aromatic carbocycles. The normalized spacial score (nSPS) is 10.5. The number of hydrogen-bond acceptors (Lipinski definition) is 1. The molecule has 1 heterocycles. The predicted molar refractivity (Wildman–Crippen MR) is 76.4 cm³/mol. The first-order valence-corrected chi connectivity index (χ1v) is 6.76. The number of aromatic nitrogens is 1. The summed E-state index contributed by atoms with van der Waals surface area (Å²) in [5.74, 6) is 0. The Balaban J connectivity index is 2.31. The zero-order chi connectivity index (χ0) is 12.4. The molecule has 0 unspecified atom stereocenters. The summed E-state index contributed by atoms with van der Waals surface area (Å²) >= 11 is 6.78. The molecular formula is C13H11Br2NO. The van der Waals surface area contributed by atoms with Crippen LogP contribution in [-0.2, 0) is 6.54 Å². The van der Waals surface area contributed by atoms with Gasteiger partial charge in [0, 0.05) is 21.2 Å². The molecule has 0 fully saturated rings. The van der Waals surface area contributed by atoms with Gasteiger partial charge in [-0.1, -0.05) is 44.0 Å². The number of benzene rings is 1. The lowest BCUT2D eigenvalue weighted by atomic mass is 10.1. The minimum absolute atomic E-state index is 0.00364. The van der Waals surface area contributed by atoms with Crippen molar-refractivity contribution in [2.75, 3.05) is 0 Å². The fourth-order valence-corrected chi connectivity index (χ4v) is 2.29. The number of halogens is 2. The molecule has 0 radical (unpaired) electrons. The van der Waals surface area contributed by atoms with Gasteiger partial charge in [0.25, 0.3) is 5.56 Å². The van der Waals surface area contributed by atoms with Crippen LogP contribution >= 0.6 is 31.9 Å². The summed E-state index contributed by atoms with van der Waals surface area (Å²) in [6, 6.07) is 9.57. The largest absolute Gasteiger partial charge is 0.311 e. The van der Waals surface area contributed by atoms with E-state index in [1.807, 2.05) is 31.2 Å². The summed E-state index contributed by atoms with van der Waals surface area (Å²) < 4.78 is 3.56. The lowest BCUT2D eigenvalue weighted by Crippen LogP contribution is -2.18. The average molecular weight is 357 g/mol. The molecule has 0 saturated carbocycles. The SMILES string of the molecule is Cc1ccc(Cn2ccc(Br)cc2=O)cc1Br. The Bertz CT molecular complexity index is 605. The monoisotopic (exact) mass is 355 g/mol. The van der Waals surface area contributed by atoms with Crippen LogP contribution in [0.3, 0.4) is 0 Å². The minimum Gasteiger partial charge on any atom is -0.311 e. The van der Waals surface area contributed by atoms with E-state index >= 15 is 0 Å². The smallest absolute Gasteiger partial charge is 0.251 e. The van der Waals surface area contributed by atoms with E-state index in [4.69, 9.17) is 0 Å². The molecule has 0 bridgehead atoms. The van der Waals surface area contributed by atoms with Gasteiger partial charge in [0.05, 0.1) is 6.54 Å². The average Bonchev–Trinajstić information content (AvgIpc) is 2.27. The van der Waals surface area contributed by atoms with Gasteiger partial charge in [-0.3, -0.25) is 4.79 Å². The summed E-state index contributed by atoms with van der Waals surface area (Å²) in [6.45, 7) is 2.63. The van der Waals surface area contributed by atoms with Crippen LogP contribution in [0.2, 0.25) is 0 Å². The Hall–Kier alpha value is -0.870. The Morgan fingerprint density at radius 1 is 1.18 bits per heavy atom. The van der Waals surface area contributed by atoms with Crippen molar-refractivity contribution in [3.8, 4) is 0 Å². The lowest BCUT2D eigenvalue weighted by Gasteiger charge is -2.07. The first-order valence-electron chi connectivity index (χ1n) is 5.17. The second-order valence-corrected chi connectivity index (χ2v) is 5.66. The molecule has 0 atom stereocenters. The van der Waals surface area contributed by atoms with Gasteiger partial charge < -0.3 is 4.57 Å². The molecule has 0 saturated heterocycles. The zero-order valence-corrected chi connectivity index (χ0v) is 12.5. The van der Waals surface area contributed by atoms with Crippen molar-refractivity contribution in [1.82, 2.24) is 4.57 Å². The second-order valence-electron chi connectivity index (χ2n) is 3.89. The van der Waals surface area contributed by atoms with Crippen LogP contribution in [0, 0.1) is 6.92 Å². The molecule has 2 aromatic rings. The molecule has 0 spiro atoms. The van der Waals surface area contributed by atoms with Gasteiger partial charge in [-0.05, 0) is 30.2 Å². The highest BCUT2D eigenvalue weighted by molar-refractivity contribution is 9.10. The third-order valence-corrected chi connectivity index (χ3v) is 3.89. The molecule has 0 amide bonds. The highest BCUT2D eigenvalue weighted by Gasteiger charge is 2.01. The van der Waals surface area contributed by atoms with E-state index in [0.717, 1.165) is 14.5 Å². The number of rotatable bonds is 2. The van der Waals surface area contributed by atoms with Gasteiger partial charge >= 0.3 is 0 Å². The number of nitrogens with zero attached hydrogens (tertiary/aromatic N) is 1. The van der Waals surface area contributed by atoms with Crippen LogP contribution < -0.4 is 5.56 Å². The molecule has 2 rings (SSSR count). The van der Waals surface area contributed by atoms with E-state index in [1.165, 1.54) is 5.56 Å². The second kappa shape index (κ2) is 5.19. The molecule has 17 heavy (non-hydrogen) atoms. The summed E-state index contributed by atoms with van der Waals surface area (Å²) in [6.07, 6.45) is 1.79. The number of aryl methyl sites for hydroxylation is 1. The Labute approximate surface area is 117 Å². The molecule has 1 aromatic heterocycles. The number of hydrogen-bond donors (Lipinski definition) is 0. The van der Waals surface area contributed by atoms with Crippen LogP contribution in [0.1, 0.15) is 11.1 Å². The third kappa shape index (κ3) is 3.07. The molecule has 88 valence electrons. The fraction of sp³-hybridized carbons (Fsp3) is 0.154. The van der Waals surface area contributed by atoms with Gasteiger partial charge in [0.1, 0.15) is 0 Å². The summed E-state index contributed by atoms with van der Waals surface area (Å²) in [5.41, 5.74) is 2.29. The van der Waals surface area contributed by atoms with Crippen molar-refractivity contribution in [3.63, 3.8) is 0 Å². The van der Waals surface area contributed by atoms with Crippen LogP contribution in [0.5, 0.6) is 0 Å². The van der Waals surface area contributed by atoms with E-state index in [-0.39, 0.29) is 5.56 Å². The number of pyridine rings is 1. The molecule has 0 aliphatic heterocycles. The molecule has 4 heteroatoms. The minimum atomic E-state index is -0.00364. The molecule has 0 N–H and O–H groups in total. The van der Waals surface area contributed by atoms with Crippen LogP contribution in [0.15, 0.2) is 50.3 Å². The Morgan fingerprint density at radius 3 is 2.59 bits per heavy atom. The maximum atomic E-state index is 11.7. The topological polar surface area (TPSA) is 22.0 Å². The quantitative estimate of drug-likeness (QED) is 0.803. The van der Waals surface area contributed by atoms with Crippen molar-refractivity contribution in [1.29, 1.82) is 0 Å². The maximum Gasteiger partial charge on any atom is 0.251 e. The van der Waals surface area contributed by atoms with Crippen molar-refractivity contribution >= 4 is 31.9 Å². The highest BCUT2D eigenvalue weighted by Crippen LogP contribution is 2.18. The maximum absolute atomic E-state index is 11.7. The van der Waals surface area contributed by atoms with E-state index < -0.39 is 0 Å². The van der Waals surface area contributed by atoms with E-state index in [0.29, 0.717) is 6.54 Å². The van der Waals surface area contributed by atoms with Crippen LogP contribution in [0.25, 0.3) is 0 Å². The summed E-state index contributed by atoms with van der Waals surface area (Å²) in [5, 5.41) is 0. The Kier molecular flexibility index (Phi) is 3.84. The molecule has 0 aliphatic carbocycles. The van der Waals surface area contributed by atoms with Crippen molar-refractivity contribution in [3.05, 3.63) is 67.0 Å². The van der Waals surface area contributed by atoms with Crippen molar-refractivity contribution in [2.24, 2.45) is 0 Å².